The van der Waals surface area contributed by atoms with Gasteiger partial charge < -0.3 is 14.6 Å². The minimum absolute atomic E-state index is 0.162. The molecule has 0 saturated carbocycles. The van der Waals surface area contributed by atoms with Crippen molar-refractivity contribution < 1.29 is 9.53 Å². The van der Waals surface area contributed by atoms with Gasteiger partial charge in [-0.2, -0.15) is 0 Å². The van der Waals surface area contributed by atoms with E-state index in [0.717, 1.165) is 25.2 Å². The molecular formula is C10H17N3O2. The van der Waals surface area contributed by atoms with Crippen LogP contribution in [-0.4, -0.2) is 29.7 Å². The average molecular weight is 211 g/mol. The molecule has 0 bridgehead atoms. The van der Waals surface area contributed by atoms with Crippen LogP contribution in [0.3, 0.4) is 0 Å². The van der Waals surface area contributed by atoms with Gasteiger partial charge in [-0.25, -0.2) is 4.98 Å². The number of carbonyl (C=O) groups excluding carboxylic acids is 1. The van der Waals surface area contributed by atoms with Crippen molar-refractivity contribution in [1.29, 1.82) is 0 Å². The van der Waals surface area contributed by atoms with Crippen LogP contribution in [0.5, 0.6) is 0 Å². The molecule has 5 heteroatoms. The van der Waals surface area contributed by atoms with E-state index in [4.69, 9.17) is 0 Å². The van der Waals surface area contributed by atoms with Crippen molar-refractivity contribution in [2.24, 2.45) is 0 Å². The highest BCUT2D eigenvalue weighted by molar-refractivity contribution is 5.68. The number of nitrogens with one attached hydrogen (secondary N) is 1. The standard InChI is InChI=1S/C10H17N3O2/c1-11-6-9-7-13(8-12-9)5-3-4-10(14)15-2/h7-8,11H,3-6H2,1-2H3. The number of aromatic nitrogens is 2. The third-order valence-corrected chi connectivity index (χ3v) is 2.07. The first kappa shape index (κ1) is 11.7. The molecule has 0 atom stereocenters. The molecule has 0 aliphatic rings. The van der Waals surface area contributed by atoms with Crippen molar-refractivity contribution in [3.05, 3.63) is 18.2 Å². The number of hydrogen-bond acceptors (Lipinski definition) is 4. The Labute approximate surface area is 89.4 Å². The Bertz CT molecular complexity index is 309. The van der Waals surface area contributed by atoms with Crippen LogP contribution in [0, 0.1) is 0 Å². The second-order valence-corrected chi connectivity index (χ2v) is 3.31. The molecular weight excluding hydrogens is 194 g/mol. The summed E-state index contributed by atoms with van der Waals surface area (Å²) in [4.78, 5) is 15.1. The van der Waals surface area contributed by atoms with Crippen LogP contribution in [0.1, 0.15) is 18.5 Å². The van der Waals surface area contributed by atoms with Gasteiger partial charge in [0.05, 0.1) is 19.1 Å². The van der Waals surface area contributed by atoms with Gasteiger partial charge >= 0.3 is 5.97 Å². The van der Waals surface area contributed by atoms with E-state index in [0.29, 0.717) is 6.42 Å². The lowest BCUT2D eigenvalue weighted by molar-refractivity contribution is -0.140. The number of esters is 1. The summed E-state index contributed by atoms with van der Waals surface area (Å²) >= 11 is 0. The van der Waals surface area contributed by atoms with Crippen LogP contribution in [0.2, 0.25) is 0 Å². The quantitative estimate of drug-likeness (QED) is 0.698. The van der Waals surface area contributed by atoms with Crippen molar-refractivity contribution in [1.82, 2.24) is 14.9 Å². The fraction of sp³-hybridized carbons (Fsp3) is 0.600. The predicted molar refractivity (Wildman–Crippen MR) is 56.2 cm³/mol. The zero-order valence-electron chi connectivity index (χ0n) is 9.19. The predicted octanol–water partition coefficient (Wildman–Crippen LogP) is 0.556. The molecule has 1 rings (SSSR count). The van der Waals surface area contributed by atoms with Gasteiger partial charge in [-0.1, -0.05) is 0 Å². The molecule has 15 heavy (non-hydrogen) atoms. The lowest BCUT2D eigenvalue weighted by atomic mass is 10.3. The third-order valence-electron chi connectivity index (χ3n) is 2.07. The summed E-state index contributed by atoms with van der Waals surface area (Å²) in [5, 5.41) is 3.03. The van der Waals surface area contributed by atoms with E-state index in [9.17, 15) is 4.79 Å². The lowest BCUT2D eigenvalue weighted by Gasteiger charge is -2.00. The van der Waals surface area contributed by atoms with Gasteiger partial charge in [0, 0.05) is 25.7 Å². The van der Waals surface area contributed by atoms with Gasteiger partial charge in [0.15, 0.2) is 0 Å². The second kappa shape index (κ2) is 6.19. The Balaban J connectivity index is 2.28. The van der Waals surface area contributed by atoms with E-state index >= 15 is 0 Å². The van der Waals surface area contributed by atoms with Gasteiger partial charge in [0.1, 0.15) is 0 Å². The van der Waals surface area contributed by atoms with Crippen molar-refractivity contribution >= 4 is 5.97 Å². The van der Waals surface area contributed by atoms with E-state index in [1.807, 2.05) is 17.8 Å². The minimum atomic E-state index is -0.162. The number of rotatable bonds is 6. The number of imidazole rings is 1. The summed E-state index contributed by atoms with van der Waals surface area (Å²) in [5.74, 6) is -0.162. The van der Waals surface area contributed by atoms with Crippen molar-refractivity contribution in [3.63, 3.8) is 0 Å². The fourth-order valence-corrected chi connectivity index (χ4v) is 1.31. The summed E-state index contributed by atoms with van der Waals surface area (Å²) in [5.41, 5.74) is 1.01. The van der Waals surface area contributed by atoms with Gasteiger partial charge in [0.2, 0.25) is 0 Å². The summed E-state index contributed by atoms with van der Waals surface area (Å²) in [7, 11) is 3.29. The number of carbonyl (C=O) groups is 1. The van der Waals surface area contributed by atoms with Crippen LogP contribution < -0.4 is 5.32 Å². The van der Waals surface area contributed by atoms with Crippen molar-refractivity contribution in [2.75, 3.05) is 14.2 Å². The Morgan fingerprint density at radius 3 is 3.13 bits per heavy atom. The third kappa shape index (κ3) is 4.12. The molecule has 0 aliphatic heterocycles. The van der Waals surface area contributed by atoms with Crippen LogP contribution in [0.25, 0.3) is 0 Å². The average Bonchev–Trinajstić information content (AvgIpc) is 2.66. The van der Waals surface area contributed by atoms with E-state index in [2.05, 4.69) is 15.0 Å². The van der Waals surface area contributed by atoms with Crippen molar-refractivity contribution in [3.8, 4) is 0 Å². The molecule has 5 nitrogen and oxygen atoms in total. The Hall–Kier alpha value is -1.36. The topological polar surface area (TPSA) is 56.2 Å². The molecule has 1 aromatic rings. The highest BCUT2D eigenvalue weighted by Crippen LogP contribution is 2.00. The summed E-state index contributed by atoms with van der Waals surface area (Å²) < 4.78 is 6.54. The minimum Gasteiger partial charge on any atom is -0.469 e. The molecule has 0 aromatic carbocycles. The molecule has 1 aromatic heterocycles. The Kier molecular flexibility index (Phi) is 4.83. The summed E-state index contributed by atoms with van der Waals surface area (Å²) in [6.45, 7) is 1.57. The highest BCUT2D eigenvalue weighted by atomic mass is 16.5. The molecule has 0 aliphatic carbocycles. The van der Waals surface area contributed by atoms with Gasteiger partial charge in [-0.3, -0.25) is 4.79 Å². The molecule has 0 unspecified atom stereocenters. The molecule has 1 heterocycles. The maximum Gasteiger partial charge on any atom is 0.305 e. The molecule has 0 fully saturated rings. The number of aryl methyl sites for hydroxylation is 1. The fourth-order valence-electron chi connectivity index (χ4n) is 1.31. The van der Waals surface area contributed by atoms with Gasteiger partial charge in [-0.15, -0.1) is 0 Å². The van der Waals surface area contributed by atoms with E-state index in [-0.39, 0.29) is 5.97 Å². The SMILES string of the molecule is CNCc1cn(CCCC(=O)OC)cn1. The summed E-state index contributed by atoms with van der Waals surface area (Å²) in [6, 6.07) is 0. The molecule has 0 amide bonds. The van der Waals surface area contributed by atoms with Gasteiger partial charge in [-0.05, 0) is 13.5 Å². The number of methoxy groups -OCH3 is 1. The van der Waals surface area contributed by atoms with E-state index in [1.165, 1.54) is 7.11 Å². The molecule has 0 radical (unpaired) electrons. The zero-order chi connectivity index (χ0) is 11.1. The Morgan fingerprint density at radius 2 is 2.47 bits per heavy atom. The Morgan fingerprint density at radius 1 is 1.67 bits per heavy atom. The molecule has 0 spiro atoms. The summed E-state index contributed by atoms with van der Waals surface area (Å²) in [6.07, 6.45) is 5.00. The smallest absolute Gasteiger partial charge is 0.305 e. The first-order valence-electron chi connectivity index (χ1n) is 4.98. The van der Waals surface area contributed by atoms with Crippen LogP contribution in [0.4, 0.5) is 0 Å². The molecule has 84 valence electrons. The maximum atomic E-state index is 10.9. The number of ether oxygens (including phenoxy) is 1. The lowest BCUT2D eigenvalue weighted by Crippen LogP contribution is -2.05. The number of nitrogens with zero attached hydrogens (tertiary/aromatic N) is 2. The van der Waals surface area contributed by atoms with Crippen LogP contribution in [-0.2, 0) is 22.6 Å². The van der Waals surface area contributed by atoms with Crippen molar-refractivity contribution in [2.45, 2.75) is 25.9 Å². The number of hydrogen-bond donors (Lipinski definition) is 1. The van der Waals surface area contributed by atoms with Crippen LogP contribution >= 0.6 is 0 Å². The normalized spacial score (nSPS) is 10.3. The van der Waals surface area contributed by atoms with E-state index in [1.54, 1.807) is 6.33 Å². The highest BCUT2D eigenvalue weighted by Gasteiger charge is 2.01. The zero-order valence-corrected chi connectivity index (χ0v) is 9.19. The maximum absolute atomic E-state index is 10.9. The molecule has 0 saturated heterocycles. The molecule has 1 N–H and O–H groups in total. The van der Waals surface area contributed by atoms with Crippen LogP contribution in [0.15, 0.2) is 12.5 Å². The van der Waals surface area contributed by atoms with Gasteiger partial charge in [0.25, 0.3) is 0 Å². The largest absolute Gasteiger partial charge is 0.469 e. The van der Waals surface area contributed by atoms with E-state index < -0.39 is 0 Å². The first-order valence-corrected chi connectivity index (χ1v) is 4.98. The first-order chi connectivity index (χ1) is 7.26. The second-order valence-electron chi connectivity index (χ2n) is 3.31. The monoisotopic (exact) mass is 211 g/mol.